The SMILES string of the molecule is CCCCc1nc(C(C)F)c(-c2ccc(OC(C)C)cc2)c(=O)n1Cc1ccc(-c2ccccc2/C(=N/OC)NC=O)cc1. The summed E-state index contributed by atoms with van der Waals surface area (Å²) in [5, 5.41) is 6.54. The Morgan fingerprint density at radius 3 is 2.32 bits per heavy atom. The second kappa shape index (κ2) is 15.1. The van der Waals surface area contributed by atoms with Crippen molar-refractivity contribution in [2.45, 2.75) is 65.8 Å². The molecule has 1 N–H and O–H groups in total. The quantitative estimate of drug-likeness (QED) is 0.0787. The molecule has 0 aliphatic heterocycles. The van der Waals surface area contributed by atoms with Crippen molar-refractivity contribution in [3.05, 3.63) is 106 Å². The zero-order chi connectivity index (χ0) is 31.6. The summed E-state index contributed by atoms with van der Waals surface area (Å²) in [6, 6.07) is 22.5. The summed E-state index contributed by atoms with van der Waals surface area (Å²) in [5.74, 6) is 1.53. The summed E-state index contributed by atoms with van der Waals surface area (Å²) >= 11 is 0. The van der Waals surface area contributed by atoms with Crippen molar-refractivity contribution in [3.8, 4) is 28.0 Å². The molecule has 0 aliphatic rings. The van der Waals surface area contributed by atoms with Gasteiger partial charge in [0.1, 0.15) is 24.9 Å². The fraction of sp³-hybridized carbons (Fsp3) is 0.314. The van der Waals surface area contributed by atoms with E-state index in [0.29, 0.717) is 41.4 Å². The van der Waals surface area contributed by atoms with E-state index in [0.717, 1.165) is 29.5 Å². The molecular weight excluding hydrogens is 559 g/mol. The second-order valence-corrected chi connectivity index (χ2v) is 10.7. The number of hydrogen-bond donors (Lipinski definition) is 1. The van der Waals surface area contributed by atoms with Crippen LogP contribution in [-0.2, 0) is 22.6 Å². The van der Waals surface area contributed by atoms with Gasteiger partial charge in [-0.15, -0.1) is 0 Å². The molecule has 1 amide bonds. The average molecular weight is 599 g/mol. The Morgan fingerprint density at radius 2 is 1.70 bits per heavy atom. The molecule has 0 bridgehead atoms. The van der Waals surface area contributed by atoms with Gasteiger partial charge in [-0.2, -0.15) is 0 Å². The maximum atomic E-state index is 15.0. The number of amidine groups is 1. The number of oxime groups is 1. The van der Waals surface area contributed by atoms with E-state index in [-0.39, 0.29) is 29.5 Å². The third-order valence-electron chi connectivity index (χ3n) is 7.09. The number of benzene rings is 3. The van der Waals surface area contributed by atoms with Crippen LogP contribution in [0.5, 0.6) is 5.75 Å². The Balaban J connectivity index is 1.76. The second-order valence-electron chi connectivity index (χ2n) is 10.7. The number of carbonyl (C=O) groups excluding carboxylic acids is 1. The molecule has 1 unspecified atom stereocenters. The number of nitrogens with one attached hydrogen (secondary N) is 1. The first-order valence-electron chi connectivity index (χ1n) is 14.8. The third-order valence-corrected chi connectivity index (χ3v) is 7.09. The van der Waals surface area contributed by atoms with Gasteiger partial charge in [0.15, 0.2) is 5.84 Å². The van der Waals surface area contributed by atoms with Gasteiger partial charge in [-0.1, -0.05) is 79.2 Å². The monoisotopic (exact) mass is 598 g/mol. The Hall–Kier alpha value is -4.79. The van der Waals surface area contributed by atoms with Crippen LogP contribution in [0.4, 0.5) is 4.39 Å². The number of carbonyl (C=O) groups is 1. The summed E-state index contributed by atoms with van der Waals surface area (Å²) in [6.45, 7) is 7.65. The highest BCUT2D eigenvalue weighted by atomic mass is 19.1. The van der Waals surface area contributed by atoms with Gasteiger partial charge in [-0.25, -0.2) is 9.37 Å². The van der Waals surface area contributed by atoms with E-state index in [1.165, 1.54) is 14.0 Å². The minimum Gasteiger partial charge on any atom is -0.491 e. The van der Waals surface area contributed by atoms with E-state index in [1.807, 2.05) is 62.4 Å². The van der Waals surface area contributed by atoms with E-state index in [1.54, 1.807) is 28.8 Å². The van der Waals surface area contributed by atoms with Crippen molar-refractivity contribution >= 4 is 12.2 Å². The topological polar surface area (TPSA) is 94.8 Å². The molecular formula is C35H39FN4O4. The van der Waals surface area contributed by atoms with Crippen molar-refractivity contribution in [1.82, 2.24) is 14.9 Å². The van der Waals surface area contributed by atoms with Crippen LogP contribution in [0.2, 0.25) is 0 Å². The van der Waals surface area contributed by atoms with Gasteiger partial charge in [-0.3, -0.25) is 14.2 Å². The summed E-state index contributed by atoms with van der Waals surface area (Å²) in [6.07, 6.45) is 1.44. The predicted octanol–water partition coefficient (Wildman–Crippen LogP) is 6.84. The van der Waals surface area contributed by atoms with E-state index in [2.05, 4.69) is 17.4 Å². The molecule has 0 saturated carbocycles. The number of nitrogens with zero attached hydrogens (tertiary/aromatic N) is 3. The Kier molecular flexibility index (Phi) is 11.0. The molecule has 1 aromatic heterocycles. The molecule has 3 aromatic carbocycles. The Bertz CT molecular complexity index is 1650. The highest BCUT2D eigenvalue weighted by Crippen LogP contribution is 2.29. The summed E-state index contributed by atoms with van der Waals surface area (Å²) in [4.78, 5) is 35.0. The number of aryl methyl sites for hydroxylation is 1. The molecule has 1 heterocycles. The van der Waals surface area contributed by atoms with Crippen molar-refractivity contribution in [1.29, 1.82) is 0 Å². The molecule has 230 valence electrons. The first-order chi connectivity index (χ1) is 21.3. The molecule has 44 heavy (non-hydrogen) atoms. The Morgan fingerprint density at radius 1 is 1.02 bits per heavy atom. The molecule has 0 radical (unpaired) electrons. The average Bonchev–Trinajstić information content (AvgIpc) is 3.01. The fourth-order valence-electron chi connectivity index (χ4n) is 5.05. The highest BCUT2D eigenvalue weighted by Gasteiger charge is 2.22. The zero-order valence-electron chi connectivity index (χ0n) is 25.8. The molecule has 8 nitrogen and oxygen atoms in total. The summed E-state index contributed by atoms with van der Waals surface area (Å²) in [5.41, 5.74) is 4.05. The lowest BCUT2D eigenvalue weighted by Crippen LogP contribution is -2.29. The van der Waals surface area contributed by atoms with Crippen LogP contribution in [-0.4, -0.2) is 35.0 Å². The van der Waals surface area contributed by atoms with Gasteiger partial charge >= 0.3 is 0 Å². The highest BCUT2D eigenvalue weighted by molar-refractivity contribution is 6.08. The van der Waals surface area contributed by atoms with Crippen molar-refractivity contribution in [3.63, 3.8) is 0 Å². The molecule has 0 spiro atoms. The molecule has 4 aromatic rings. The molecule has 9 heteroatoms. The van der Waals surface area contributed by atoms with Crippen LogP contribution in [0.15, 0.2) is 82.7 Å². The van der Waals surface area contributed by atoms with Crippen LogP contribution in [0.1, 0.15) is 69.4 Å². The maximum absolute atomic E-state index is 15.0. The fourth-order valence-corrected chi connectivity index (χ4v) is 5.05. The summed E-state index contributed by atoms with van der Waals surface area (Å²) in [7, 11) is 1.41. The van der Waals surface area contributed by atoms with Crippen molar-refractivity contribution < 1.29 is 18.8 Å². The molecule has 0 fully saturated rings. The first kappa shape index (κ1) is 32.1. The van der Waals surface area contributed by atoms with Crippen molar-refractivity contribution in [2.24, 2.45) is 5.16 Å². The van der Waals surface area contributed by atoms with Gasteiger partial charge in [0.05, 0.1) is 23.9 Å². The molecule has 0 aliphatic carbocycles. The van der Waals surface area contributed by atoms with Crippen LogP contribution < -0.4 is 15.6 Å². The molecule has 4 rings (SSSR count). The minimum atomic E-state index is -1.42. The van der Waals surface area contributed by atoms with Gasteiger partial charge in [0.25, 0.3) is 5.56 Å². The van der Waals surface area contributed by atoms with Crippen molar-refractivity contribution in [2.75, 3.05) is 7.11 Å². The lowest BCUT2D eigenvalue weighted by Gasteiger charge is -2.19. The molecule has 0 saturated heterocycles. The standard InChI is InChI=1S/C35H39FN4O4/c1-6-7-12-31-38-33(24(4)36)32(27-17-19-28(20-18-27)44-23(2)3)35(42)40(31)21-25-13-15-26(16-14-25)29-10-8-9-11-30(29)34(37-22-41)39-43-5/h8-11,13-20,22-24H,6-7,12,21H2,1-5H3,(H,37,39,41). The summed E-state index contributed by atoms with van der Waals surface area (Å²) < 4.78 is 22.4. The molecule has 1 atom stereocenters. The third kappa shape index (κ3) is 7.58. The number of hydrogen-bond acceptors (Lipinski definition) is 6. The van der Waals surface area contributed by atoms with Crippen LogP contribution in [0, 0.1) is 0 Å². The number of alkyl halides is 1. The van der Waals surface area contributed by atoms with Gasteiger partial charge in [0, 0.05) is 12.0 Å². The van der Waals surface area contributed by atoms with Crippen LogP contribution in [0.3, 0.4) is 0 Å². The Labute approximate surface area is 257 Å². The lowest BCUT2D eigenvalue weighted by atomic mass is 9.98. The van der Waals surface area contributed by atoms with Gasteiger partial charge in [-0.05, 0) is 61.6 Å². The number of ether oxygens (including phenoxy) is 1. The number of unbranched alkanes of at least 4 members (excludes halogenated alkanes) is 1. The van der Waals surface area contributed by atoms with E-state index in [4.69, 9.17) is 14.6 Å². The van der Waals surface area contributed by atoms with E-state index in [9.17, 15) is 14.0 Å². The van der Waals surface area contributed by atoms with E-state index < -0.39 is 6.17 Å². The van der Waals surface area contributed by atoms with Gasteiger partial charge in [0.2, 0.25) is 6.41 Å². The number of rotatable bonds is 13. The minimum absolute atomic E-state index is 0.00689. The predicted molar refractivity (Wildman–Crippen MR) is 172 cm³/mol. The number of amides is 1. The number of halogens is 1. The van der Waals surface area contributed by atoms with Crippen LogP contribution >= 0.6 is 0 Å². The van der Waals surface area contributed by atoms with Crippen LogP contribution in [0.25, 0.3) is 22.3 Å². The first-order valence-corrected chi connectivity index (χ1v) is 14.8. The normalized spacial score (nSPS) is 12.2. The number of aromatic nitrogens is 2. The van der Waals surface area contributed by atoms with E-state index >= 15 is 0 Å². The zero-order valence-corrected chi connectivity index (χ0v) is 25.8. The maximum Gasteiger partial charge on any atom is 0.262 e. The lowest BCUT2D eigenvalue weighted by molar-refractivity contribution is -0.108. The largest absolute Gasteiger partial charge is 0.491 e. The smallest absolute Gasteiger partial charge is 0.262 e. The van der Waals surface area contributed by atoms with Gasteiger partial charge < -0.3 is 14.9 Å².